The lowest BCUT2D eigenvalue weighted by atomic mass is 10.1. The van der Waals surface area contributed by atoms with Gasteiger partial charge in [0, 0.05) is 5.69 Å². The second-order valence-corrected chi connectivity index (χ2v) is 4.46. The molecule has 108 valence electrons. The summed E-state index contributed by atoms with van der Waals surface area (Å²) in [6.07, 6.45) is 1.47. The zero-order chi connectivity index (χ0) is 15.6. The van der Waals surface area contributed by atoms with Crippen LogP contribution < -0.4 is 11.1 Å². The predicted molar refractivity (Wildman–Crippen MR) is 77.0 cm³/mol. The number of pyridine rings is 1. The molecule has 0 fully saturated rings. The smallest absolute Gasteiger partial charge is 0.335 e. The first-order valence-electron chi connectivity index (χ1n) is 5.97. The lowest BCUT2D eigenvalue weighted by molar-refractivity contribution is 0.0696. The third-order valence-electron chi connectivity index (χ3n) is 2.85. The van der Waals surface area contributed by atoms with Crippen molar-refractivity contribution in [1.82, 2.24) is 4.98 Å². The number of rotatable bonds is 4. The molecule has 0 bridgehead atoms. The first-order chi connectivity index (χ1) is 9.86. The summed E-state index contributed by atoms with van der Waals surface area (Å²) in [5, 5.41) is 20.9. The Balaban J connectivity index is 2.40. The summed E-state index contributed by atoms with van der Waals surface area (Å²) >= 11 is 0. The van der Waals surface area contributed by atoms with Gasteiger partial charge in [-0.1, -0.05) is 0 Å². The normalized spacial score (nSPS) is 10.1. The highest BCUT2D eigenvalue weighted by Gasteiger charge is 2.12. The number of benzene rings is 1. The fourth-order valence-electron chi connectivity index (χ4n) is 1.73. The van der Waals surface area contributed by atoms with Crippen LogP contribution in [0.4, 0.5) is 17.2 Å². The van der Waals surface area contributed by atoms with Gasteiger partial charge in [-0.05, 0) is 36.8 Å². The minimum absolute atomic E-state index is 0.121. The number of carboxylic acid groups (broad SMARTS) is 2. The monoisotopic (exact) mass is 287 g/mol. The molecule has 7 heteroatoms. The summed E-state index contributed by atoms with van der Waals surface area (Å²) < 4.78 is 0. The highest BCUT2D eigenvalue weighted by Crippen LogP contribution is 2.21. The van der Waals surface area contributed by atoms with Gasteiger partial charge in [-0.15, -0.1) is 0 Å². The van der Waals surface area contributed by atoms with Crippen LogP contribution in [0.1, 0.15) is 26.3 Å². The second kappa shape index (κ2) is 5.49. The molecule has 2 aromatic rings. The Hall–Kier alpha value is -3.09. The van der Waals surface area contributed by atoms with E-state index < -0.39 is 11.9 Å². The van der Waals surface area contributed by atoms with Gasteiger partial charge in [-0.2, -0.15) is 0 Å². The number of anilines is 3. The number of aryl methyl sites for hydroxylation is 1. The average Bonchev–Trinajstić information content (AvgIpc) is 2.42. The van der Waals surface area contributed by atoms with Crippen LogP contribution in [0, 0.1) is 6.92 Å². The highest BCUT2D eigenvalue weighted by molar-refractivity contribution is 5.95. The van der Waals surface area contributed by atoms with E-state index in [0.717, 1.165) is 11.6 Å². The van der Waals surface area contributed by atoms with Gasteiger partial charge < -0.3 is 21.3 Å². The van der Waals surface area contributed by atoms with E-state index in [1.54, 1.807) is 13.0 Å². The zero-order valence-electron chi connectivity index (χ0n) is 11.1. The summed E-state index contributed by atoms with van der Waals surface area (Å²) in [5.41, 5.74) is 7.08. The molecule has 1 aromatic heterocycles. The Labute approximate surface area is 120 Å². The molecule has 0 aliphatic rings. The summed E-state index contributed by atoms with van der Waals surface area (Å²) in [4.78, 5) is 26.1. The van der Waals surface area contributed by atoms with Crippen molar-refractivity contribution in [3.63, 3.8) is 0 Å². The van der Waals surface area contributed by atoms with E-state index in [-0.39, 0.29) is 11.1 Å². The number of hydrogen-bond acceptors (Lipinski definition) is 5. The zero-order valence-corrected chi connectivity index (χ0v) is 11.1. The molecule has 2 rings (SSSR count). The topological polar surface area (TPSA) is 126 Å². The van der Waals surface area contributed by atoms with Gasteiger partial charge in [0.25, 0.3) is 0 Å². The van der Waals surface area contributed by atoms with Crippen molar-refractivity contribution >= 4 is 29.1 Å². The summed E-state index contributed by atoms with van der Waals surface area (Å²) in [6.45, 7) is 1.80. The fourth-order valence-corrected chi connectivity index (χ4v) is 1.73. The quantitative estimate of drug-likeness (QED) is 0.678. The van der Waals surface area contributed by atoms with Gasteiger partial charge in [-0.3, -0.25) is 0 Å². The van der Waals surface area contributed by atoms with Crippen molar-refractivity contribution in [3.05, 3.63) is 47.2 Å². The molecule has 1 heterocycles. The fraction of sp³-hybridized carbons (Fsp3) is 0.0714. The number of aromatic nitrogens is 1. The third kappa shape index (κ3) is 3.27. The Kier molecular flexibility index (Phi) is 3.75. The summed E-state index contributed by atoms with van der Waals surface area (Å²) in [7, 11) is 0. The molecular formula is C14H13N3O4. The molecule has 7 nitrogen and oxygen atoms in total. The van der Waals surface area contributed by atoms with Crippen molar-refractivity contribution in [3.8, 4) is 0 Å². The highest BCUT2D eigenvalue weighted by atomic mass is 16.4. The van der Waals surface area contributed by atoms with E-state index in [0.29, 0.717) is 17.2 Å². The lowest BCUT2D eigenvalue weighted by Crippen LogP contribution is -2.05. The number of nitrogens with two attached hydrogens (primary N) is 1. The van der Waals surface area contributed by atoms with E-state index in [1.807, 2.05) is 0 Å². The van der Waals surface area contributed by atoms with Crippen molar-refractivity contribution in [2.75, 3.05) is 11.1 Å². The molecular weight excluding hydrogens is 274 g/mol. The number of nitrogens with one attached hydrogen (secondary N) is 1. The van der Waals surface area contributed by atoms with Gasteiger partial charge in [0.2, 0.25) is 0 Å². The number of carbonyl (C=O) groups is 2. The van der Waals surface area contributed by atoms with Crippen LogP contribution in [-0.2, 0) is 0 Å². The number of aromatic carboxylic acids is 2. The summed E-state index contributed by atoms with van der Waals surface area (Å²) in [6, 6.07) is 5.45. The maximum atomic E-state index is 11.0. The van der Waals surface area contributed by atoms with Gasteiger partial charge in [-0.25, -0.2) is 14.6 Å². The SMILES string of the molecule is Cc1cc(Nc2cc(C(=O)O)cc(C(=O)O)c2)ncc1N. The molecule has 0 saturated heterocycles. The minimum Gasteiger partial charge on any atom is -0.478 e. The van der Waals surface area contributed by atoms with Crippen LogP contribution in [0.25, 0.3) is 0 Å². The van der Waals surface area contributed by atoms with E-state index in [4.69, 9.17) is 15.9 Å². The van der Waals surface area contributed by atoms with Gasteiger partial charge in [0.15, 0.2) is 0 Å². The Morgan fingerprint density at radius 2 is 1.67 bits per heavy atom. The Morgan fingerprint density at radius 1 is 1.10 bits per heavy atom. The van der Waals surface area contributed by atoms with Crippen molar-refractivity contribution in [2.24, 2.45) is 0 Å². The largest absolute Gasteiger partial charge is 0.478 e. The number of carboxylic acids is 2. The predicted octanol–water partition coefficient (Wildman–Crippen LogP) is 2.11. The van der Waals surface area contributed by atoms with E-state index >= 15 is 0 Å². The minimum atomic E-state index is -1.21. The molecule has 0 saturated carbocycles. The second-order valence-electron chi connectivity index (χ2n) is 4.46. The van der Waals surface area contributed by atoms with Crippen molar-refractivity contribution in [1.29, 1.82) is 0 Å². The van der Waals surface area contributed by atoms with Crippen LogP contribution in [0.2, 0.25) is 0 Å². The van der Waals surface area contributed by atoms with E-state index in [1.165, 1.54) is 18.3 Å². The van der Waals surface area contributed by atoms with Crippen molar-refractivity contribution < 1.29 is 19.8 Å². The maximum absolute atomic E-state index is 11.0. The average molecular weight is 287 g/mol. The molecule has 1 aromatic carbocycles. The van der Waals surface area contributed by atoms with Crippen LogP contribution in [0.5, 0.6) is 0 Å². The number of nitrogen functional groups attached to an aromatic ring is 1. The van der Waals surface area contributed by atoms with Crippen LogP contribution in [0.15, 0.2) is 30.5 Å². The first kappa shape index (κ1) is 14.3. The lowest BCUT2D eigenvalue weighted by Gasteiger charge is -2.09. The Bertz CT molecular complexity index is 696. The van der Waals surface area contributed by atoms with Crippen LogP contribution >= 0.6 is 0 Å². The number of nitrogens with zero attached hydrogens (tertiary/aromatic N) is 1. The van der Waals surface area contributed by atoms with Crippen molar-refractivity contribution in [2.45, 2.75) is 6.92 Å². The van der Waals surface area contributed by atoms with Gasteiger partial charge in [0.1, 0.15) is 5.82 Å². The molecule has 0 radical (unpaired) electrons. The molecule has 0 aliphatic carbocycles. The summed E-state index contributed by atoms with van der Waals surface area (Å²) in [5.74, 6) is -1.97. The van der Waals surface area contributed by atoms with Crippen LogP contribution in [-0.4, -0.2) is 27.1 Å². The molecule has 0 aliphatic heterocycles. The molecule has 21 heavy (non-hydrogen) atoms. The van der Waals surface area contributed by atoms with Gasteiger partial charge >= 0.3 is 11.9 Å². The van der Waals surface area contributed by atoms with Crippen LogP contribution in [0.3, 0.4) is 0 Å². The van der Waals surface area contributed by atoms with E-state index in [9.17, 15) is 9.59 Å². The van der Waals surface area contributed by atoms with E-state index in [2.05, 4.69) is 10.3 Å². The molecule has 0 spiro atoms. The molecule has 0 amide bonds. The first-order valence-corrected chi connectivity index (χ1v) is 5.97. The third-order valence-corrected chi connectivity index (χ3v) is 2.85. The number of hydrogen-bond donors (Lipinski definition) is 4. The molecule has 0 unspecified atom stereocenters. The standard InChI is InChI=1S/C14H13N3O4/c1-7-2-12(16-6-11(7)15)17-10-4-8(13(18)19)3-9(5-10)14(20)21/h2-6H,15H2,1H3,(H,16,17)(H,18,19)(H,20,21). The maximum Gasteiger partial charge on any atom is 0.335 e. The van der Waals surface area contributed by atoms with Gasteiger partial charge in [0.05, 0.1) is 23.0 Å². The Morgan fingerprint density at radius 3 is 2.14 bits per heavy atom. The molecule has 5 N–H and O–H groups in total. The molecule has 0 atom stereocenters.